The van der Waals surface area contributed by atoms with Crippen LogP contribution in [-0.4, -0.2) is 29.0 Å². The fraction of sp³-hybridized carbons (Fsp3) is 0.389. The third-order valence-electron chi connectivity index (χ3n) is 4.42. The zero-order valence-electron chi connectivity index (χ0n) is 14.1. The molecule has 1 atom stereocenters. The highest BCUT2D eigenvalue weighted by Gasteiger charge is 2.30. The molecule has 0 aliphatic carbocycles. The minimum atomic E-state index is 0.169. The fourth-order valence-electron chi connectivity index (χ4n) is 3.20. The first-order valence-electron chi connectivity index (χ1n) is 8.30. The number of nitrogen functional groups attached to an aromatic ring is 1. The SMILES string of the molecule is CCc1c(C)nc(N)nc1NCC1CC(=O)N(c2ccccc2)C1. The third-order valence-corrected chi connectivity index (χ3v) is 4.42. The zero-order chi connectivity index (χ0) is 17.1. The summed E-state index contributed by atoms with van der Waals surface area (Å²) >= 11 is 0. The van der Waals surface area contributed by atoms with Crippen LogP contribution in [0.5, 0.6) is 0 Å². The molecule has 1 saturated heterocycles. The number of rotatable bonds is 5. The Morgan fingerprint density at radius 1 is 1.29 bits per heavy atom. The summed E-state index contributed by atoms with van der Waals surface area (Å²) in [6.07, 6.45) is 1.39. The van der Waals surface area contributed by atoms with Crippen LogP contribution in [-0.2, 0) is 11.2 Å². The summed E-state index contributed by atoms with van der Waals surface area (Å²) in [6.45, 7) is 5.43. The minimum absolute atomic E-state index is 0.169. The Morgan fingerprint density at radius 2 is 2.04 bits per heavy atom. The molecule has 1 unspecified atom stereocenters. The van der Waals surface area contributed by atoms with Crippen molar-refractivity contribution >= 4 is 23.4 Å². The lowest BCUT2D eigenvalue weighted by atomic mass is 10.1. The minimum Gasteiger partial charge on any atom is -0.369 e. The number of amides is 1. The Bertz CT molecular complexity index is 732. The van der Waals surface area contributed by atoms with Crippen molar-refractivity contribution in [2.24, 2.45) is 5.92 Å². The second-order valence-electron chi connectivity index (χ2n) is 6.14. The molecule has 1 aromatic carbocycles. The molecule has 3 N–H and O–H groups in total. The van der Waals surface area contributed by atoms with Crippen molar-refractivity contribution in [3.8, 4) is 0 Å². The van der Waals surface area contributed by atoms with E-state index < -0.39 is 0 Å². The van der Waals surface area contributed by atoms with E-state index in [1.54, 1.807) is 0 Å². The monoisotopic (exact) mass is 325 g/mol. The van der Waals surface area contributed by atoms with E-state index in [9.17, 15) is 4.79 Å². The smallest absolute Gasteiger partial charge is 0.227 e. The number of para-hydroxylation sites is 1. The van der Waals surface area contributed by atoms with Crippen LogP contribution in [0.4, 0.5) is 17.5 Å². The maximum Gasteiger partial charge on any atom is 0.227 e. The molecule has 24 heavy (non-hydrogen) atoms. The van der Waals surface area contributed by atoms with E-state index >= 15 is 0 Å². The van der Waals surface area contributed by atoms with Crippen molar-refractivity contribution < 1.29 is 4.79 Å². The Labute approximate surface area is 142 Å². The fourth-order valence-corrected chi connectivity index (χ4v) is 3.20. The van der Waals surface area contributed by atoms with E-state index in [0.717, 1.165) is 35.7 Å². The number of aryl methyl sites for hydroxylation is 1. The molecule has 0 spiro atoms. The van der Waals surface area contributed by atoms with Crippen molar-refractivity contribution in [2.45, 2.75) is 26.7 Å². The summed E-state index contributed by atoms with van der Waals surface area (Å²) < 4.78 is 0. The van der Waals surface area contributed by atoms with Gasteiger partial charge in [-0.15, -0.1) is 0 Å². The van der Waals surface area contributed by atoms with Gasteiger partial charge >= 0.3 is 0 Å². The highest BCUT2D eigenvalue weighted by molar-refractivity contribution is 5.95. The normalized spacial score (nSPS) is 17.3. The van der Waals surface area contributed by atoms with Crippen LogP contribution < -0.4 is 16.0 Å². The van der Waals surface area contributed by atoms with Crippen LogP contribution in [0.2, 0.25) is 0 Å². The van der Waals surface area contributed by atoms with Gasteiger partial charge in [0.25, 0.3) is 0 Å². The number of aromatic nitrogens is 2. The summed E-state index contributed by atoms with van der Waals surface area (Å²) in [5.41, 5.74) is 8.70. The maximum absolute atomic E-state index is 12.3. The molecular weight excluding hydrogens is 302 g/mol. The number of benzene rings is 1. The lowest BCUT2D eigenvalue weighted by Crippen LogP contribution is -2.25. The van der Waals surface area contributed by atoms with Gasteiger partial charge in [-0.3, -0.25) is 4.79 Å². The molecular formula is C18H23N5O. The van der Waals surface area contributed by atoms with E-state index in [2.05, 4.69) is 22.2 Å². The molecule has 2 aromatic rings. The van der Waals surface area contributed by atoms with Gasteiger partial charge in [-0.1, -0.05) is 25.1 Å². The van der Waals surface area contributed by atoms with E-state index in [0.29, 0.717) is 13.0 Å². The lowest BCUT2D eigenvalue weighted by Gasteiger charge is -2.18. The summed E-state index contributed by atoms with van der Waals surface area (Å²) in [4.78, 5) is 22.7. The van der Waals surface area contributed by atoms with Crippen molar-refractivity contribution in [1.82, 2.24) is 9.97 Å². The van der Waals surface area contributed by atoms with Gasteiger partial charge in [0.15, 0.2) is 0 Å². The summed E-state index contributed by atoms with van der Waals surface area (Å²) in [5.74, 6) is 1.48. The van der Waals surface area contributed by atoms with Crippen LogP contribution in [0.1, 0.15) is 24.6 Å². The van der Waals surface area contributed by atoms with Crippen molar-refractivity contribution in [3.63, 3.8) is 0 Å². The van der Waals surface area contributed by atoms with Crippen molar-refractivity contribution in [1.29, 1.82) is 0 Å². The van der Waals surface area contributed by atoms with Gasteiger partial charge in [0, 0.05) is 42.4 Å². The number of hydrogen-bond donors (Lipinski definition) is 2. The molecule has 1 aliphatic rings. The van der Waals surface area contributed by atoms with E-state index in [1.807, 2.05) is 42.2 Å². The van der Waals surface area contributed by atoms with Gasteiger partial charge in [-0.05, 0) is 25.5 Å². The second kappa shape index (κ2) is 6.86. The van der Waals surface area contributed by atoms with E-state index in [-0.39, 0.29) is 17.8 Å². The number of nitrogens with zero attached hydrogens (tertiary/aromatic N) is 3. The highest BCUT2D eigenvalue weighted by Crippen LogP contribution is 2.26. The Hall–Kier alpha value is -2.63. The molecule has 0 saturated carbocycles. The average molecular weight is 325 g/mol. The van der Waals surface area contributed by atoms with Gasteiger partial charge in [0.1, 0.15) is 5.82 Å². The van der Waals surface area contributed by atoms with Gasteiger partial charge in [-0.2, -0.15) is 4.98 Å². The van der Waals surface area contributed by atoms with Crippen LogP contribution >= 0.6 is 0 Å². The van der Waals surface area contributed by atoms with Crippen molar-refractivity contribution in [3.05, 3.63) is 41.6 Å². The average Bonchev–Trinajstić information content (AvgIpc) is 2.94. The maximum atomic E-state index is 12.3. The standard InChI is InChI=1S/C18H23N5O/c1-3-15-12(2)21-18(19)22-17(15)20-10-13-9-16(24)23(11-13)14-7-5-4-6-8-14/h4-8,13H,3,9-11H2,1-2H3,(H3,19,20,21,22). The second-order valence-corrected chi connectivity index (χ2v) is 6.14. The van der Waals surface area contributed by atoms with E-state index in [1.165, 1.54) is 0 Å². The molecule has 1 aromatic heterocycles. The molecule has 1 amide bonds. The van der Waals surface area contributed by atoms with Crippen molar-refractivity contribution in [2.75, 3.05) is 29.0 Å². The Morgan fingerprint density at radius 3 is 2.75 bits per heavy atom. The van der Waals surface area contributed by atoms with Crippen LogP contribution in [0.25, 0.3) is 0 Å². The number of carbonyl (C=O) groups excluding carboxylic acids is 1. The first kappa shape index (κ1) is 16.2. The predicted octanol–water partition coefficient (Wildman–Crippen LogP) is 2.39. The molecule has 126 valence electrons. The predicted molar refractivity (Wildman–Crippen MR) is 96.0 cm³/mol. The summed E-state index contributed by atoms with van der Waals surface area (Å²) in [5, 5.41) is 3.37. The first-order valence-corrected chi connectivity index (χ1v) is 8.30. The highest BCUT2D eigenvalue weighted by atomic mass is 16.2. The molecule has 1 fully saturated rings. The van der Waals surface area contributed by atoms with Crippen LogP contribution in [0.15, 0.2) is 30.3 Å². The number of nitrogens with two attached hydrogens (primary N) is 1. The molecule has 3 rings (SSSR count). The van der Waals surface area contributed by atoms with E-state index in [4.69, 9.17) is 5.73 Å². The zero-order valence-corrected chi connectivity index (χ0v) is 14.1. The molecule has 6 nitrogen and oxygen atoms in total. The van der Waals surface area contributed by atoms with Gasteiger partial charge in [0.2, 0.25) is 11.9 Å². The molecule has 2 heterocycles. The number of hydrogen-bond acceptors (Lipinski definition) is 5. The topological polar surface area (TPSA) is 84.1 Å². The third kappa shape index (κ3) is 3.32. The Balaban J connectivity index is 1.67. The molecule has 0 bridgehead atoms. The molecule has 0 radical (unpaired) electrons. The quantitative estimate of drug-likeness (QED) is 0.882. The van der Waals surface area contributed by atoms with Gasteiger partial charge in [0.05, 0.1) is 0 Å². The van der Waals surface area contributed by atoms with Crippen LogP contribution in [0, 0.1) is 12.8 Å². The van der Waals surface area contributed by atoms with Crippen LogP contribution in [0.3, 0.4) is 0 Å². The largest absolute Gasteiger partial charge is 0.369 e. The molecule has 6 heteroatoms. The lowest BCUT2D eigenvalue weighted by molar-refractivity contribution is -0.117. The number of carbonyl (C=O) groups is 1. The van der Waals surface area contributed by atoms with Gasteiger partial charge in [-0.25, -0.2) is 4.98 Å². The summed E-state index contributed by atoms with van der Waals surface area (Å²) in [6, 6.07) is 9.80. The number of nitrogens with one attached hydrogen (secondary N) is 1. The first-order chi connectivity index (χ1) is 11.6. The summed E-state index contributed by atoms with van der Waals surface area (Å²) in [7, 11) is 0. The molecule has 1 aliphatic heterocycles. The van der Waals surface area contributed by atoms with Gasteiger partial charge < -0.3 is 16.0 Å². The number of anilines is 3. The Kier molecular flexibility index (Phi) is 4.64.